The van der Waals surface area contributed by atoms with E-state index in [0.717, 1.165) is 17.0 Å². The van der Waals surface area contributed by atoms with Crippen LogP contribution in [0.25, 0.3) is 0 Å². The number of pyridine rings is 1. The number of ether oxygens (including phenoxy) is 1. The molecule has 0 unspecified atom stereocenters. The van der Waals surface area contributed by atoms with Gasteiger partial charge < -0.3 is 15.4 Å². The number of urea groups is 1. The van der Waals surface area contributed by atoms with Gasteiger partial charge in [-0.05, 0) is 55.8 Å². The second-order valence-corrected chi connectivity index (χ2v) is 4.56. The SMILES string of the molecule is CCOc1ccc(NC(=O)N[C@H](C)c2ccncc2)cc1. The number of nitrogens with zero attached hydrogens (tertiary/aromatic N) is 1. The van der Waals surface area contributed by atoms with Crippen LogP contribution in [0.2, 0.25) is 0 Å². The van der Waals surface area contributed by atoms with E-state index >= 15 is 0 Å². The largest absolute Gasteiger partial charge is 0.494 e. The maximum absolute atomic E-state index is 11.9. The van der Waals surface area contributed by atoms with Crippen molar-refractivity contribution in [3.63, 3.8) is 0 Å². The van der Waals surface area contributed by atoms with Crippen molar-refractivity contribution in [2.75, 3.05) is 11.9 Å². The van der Waals surface area contributed by atoms with Crippen molar-refractivity contribution in [3.05, 3.63) is 54.4 Å². The molecule has 0 fully saturated rings. The van der Waals surface area contributed by atoms with Crippen molar-refractivity contribution in [1.29, 1.82) is 0 Å². The zero-order valence-electron chi connectivity index (χ0n) is 12.2. The first-order valence-corrected chi connectivity index (χ1v) is 6.89. The van der Waals surface area contributed by atoms with Gasteiger partial charge in [-0.25, -0.2) is 4.79 Å². The van der Waals surface area contributed by atoms with E-state index in [0.29, 0.717) is 6.61 Å². The summed E-state index contributed by atoms with van der Waals surface area (Å²) in [6, 6.07) is 10.7. The van der Waals surface area contributed by atoms with Crippen molar-refractivity contribution in [2.24, 2.45) is 0 Å². The molecule has 2 amide bonds. The molecule has 1 aromatic carbocycles. The van der Waals surface area contributed by atoms with Crippen LogP contribution in [0.5, 0.6) is 5.75 Å². The van der Waals surface area contributed by atoms with E-state index in [9.17, 15) is 4.79 Å². The average molecular weight is 285 g/mol. The Morgan fingerprint density at radius 3 is 2.48 bits per heavy atom. The summed E-state index contributed by atoms with van der Waals surface area (Å²) in [4.78, 5) is 15.9. The highest BCUT2D eigenvalue weighted by Gasteiger charge is 2.09. The fourth-order valence-corrected chi connectivity index (χ4v) is 1.90. The van der Waals surface area contributed by atoms with Crippen LogP contribution >= 0.6 is 0 Å². The van der Waals surface area contributed by atoms with E-state index in [1.165, 1.54) is 0 Å². The molecule has 21 heavy (non-hydrogen) atoms. The van der Waals surface area contributed by atoms with Gasteiger partial charge in [0.2, 0.25) is 0 Å². The van der Waals surface area contributed by atoms with Gasteiger partial charge >= 0.3 is 6.03 Å². The van der Waals surface area contributed by atoms with E-state index in [2.05, 4.69) is 15.6 Å². The van der Waals surface area contributed by atoms with Gasteiger partial charge in [-0.1, -0.05) is 0 Å². The summed E-state index contributed by atoms with van der Waals surface area (Å²) in [5.74, 6) is 0.786. The Kier molecular flexibility index (Phi) is 5.15. The lowest BCUT2D eigenvalue weighted by molar-refractivity contribution is 0.249. The summed E-state index contributed by atoms with van der Waals surface area (Å²) >= 11 is 0. The third-order valence-electron chi connectivity index (χ3n) is 2.98. The molecule has 0 aliphatic rings. The molecule has 0 aliphatic heterocycles. The lowest BCUT2D eigenvalue weighted by Gasteiger charge is -2.15. The monoisotopic (exact) mass is 285 g/mol. The minimum atomic E-state index is -0.247. The first-order valence-electron chi connectivity index (χ1n) is 6.89. The van der Waals surface area contributed by atoms with Crippen molar-refractivity contribution in [1.82, 2.24) is 10.3 Å². The van der Waals surface area contributed by atoms with Crippen LogP contribution in [0.15, 0.2) is 48.8 Å². The fourth-order valence-electron chi connectivity index (χ4n) is 1.90. The van der Waals surface area contributed by atoms with Crippen molar-refractivity contribution in [3.8, 4) is 5.75 Å². The molecular weight excluding hydrogens is 266 g/mol. The predicted octanol–water partition coefficient (Wildman–Crippen LogP) is 3.36. The lowest BCUT2D eigenvalue weighted by atomic mass is 10.1. The highest BCUT2D eigenvalue weighted by Crippen LogP contribution is 2.16. The Bertz CT molecular complexity index is 570. The van der Waals surface area contributed by atoms with Crippen molar-refractivity contribution >= 4 is 11.7 Å². The first-order chi connectivity index (χ1) is 10.2. The molecule has 0 aliphatic carbocycles. The Balaban J connectivity index is 1.89. The fraction of sp³-hybridized carbons (Fsp3) is 0.250. The molecule has 1 aromatic heterocycles. The molecule has 1 atom stereocenters. The number of benzene rings is 1. The predicted molar refractivity (Wildman–Crippen MR) is 82.4 cm³/mol. The molecule has 110 valence electrons. The molecule has 1 heterocycles. The number of amides is 2. The highest BCUT2D eigenvalue weighted by molar-refractivity contribution is 5.89. The first kappa shape index (κ1) is 14.8. The summed E-state index contributed by atoms with van der Waals surface area (Å²) in [5, 5.41) is 5.67. The summed E-state index contributed by atoms with van der Waals surface area (Å²) in [7, 11) is 0. The average Bonchev–Trinajstić information content (AvgIpc) is 2.50. The smallest absolute Gasteiger partial charge is 0.319 e. The second kappa shape index (κ2) is 7.28. The van der Waals surface area contributed by atoms with E-state index in [-0.39, 0.29) is 12.1 Å². The van der Waals surface area contributed by atoms with Gasteiger partial charge in [-0.2, -0.15) is 0 Å². The molecule has 2 N–H and O–H groups in total. The van der Waals surface area contributed by atoms with Gasteiger partial charge in [0, 0.05) is 18.1 Å². The molecule has 2 rings (SSSR count). The summed E-state index contributed by atoms with van der Waals surface area (Å²) in [5.41, 5.74) is 1.73. The lowest BCUT2D eigenvalue weighted by Crippen LogP contribution is -2.31. The van der Waals surface area contributed by atoms with Crippen molar-refractivity contribution in [2.45, 2.75) is 19.9 Å². The van der Waals surface area contributed by atoms with Crippen LogP contribution in [0.4, 0.5) is 10.5 Å². The maximum Gasteiger partial charge on any atom is 0.319 e. The Labute approximate surface area is 124 Å². The van der Waals surface area contributed by atoms with Crippen LogP contribution in [-0.4, -0.2) is 17.6 Å². The molecule has 0 bridgehead atoms. The summed E-state index contributed by atoms with van der Waals surface area (Å²) in [6.07, 6.45) is 3.41. The van der Waals surface area contributed by atoms with Crippen LogP contribution in [0, 0.1) is 0 Å². The normalized spacial score (nSPS) is 11.5. The number of anilines is 1. The maximum atomic E-state index is 11.9. The summed E-state index contributed by atoms with van der Waals surface area (Å²) < 4.78 is 5.35. The Morgan fingerprint density at radius 1 is 1.19 bits per heavy atom. The van der Waals surface area contributed by atoms with E-state index in [1.807, 2.05) is 50.2 Å². The molecule has 0 saturated carbocycles. The van der Waals surface area contributed by atoms with Crippen molar-refractivity contribution < 1.29 is 9.53 Å². The second-order valence-electron chi connectivity index (χ2n) is 4.56. The third kappa shape index (κ3) is 4.49. The number of rotatable bonds is 5. The molecule has 5 nitrogen and oxygen atoms in total. The van der Waals surface area contributed by atoms with Gasteiger partial charge in [0.1, 0.15) is 5.75 Å². The number of aromatic nitrogens is 1. The zero-order chi connectivity index (χ0) is 15.1. The van der Waals surface area contributed by atoms with Gasteiger partial charge in [-0.3, -0.25) is 4.98 Å². The molecule has 0 spiro atoms. The minimum absolute atomic E-state index is 0.0873. The van der Waals surface area contributed by atoms with Crippen LogP contribution in [0.1, 0.15) is 25.5 Å². The van der Waals surface area contributed by atoms with Gasteiger partial charge in [0.05, 0.1) is 12.6 Å². The number of carbonyl (C=O) groups is 1. The number of hydrogen-bond acceptors (Lipinski definition) is 3. The van der Waals surface area contributed by atoms with E-state index in [4.69, 9.17) is 4.74 Å². The minimum Gasteiger partial charge on any atom is -0.494 e. The highest BCUT2D eigenvalue weighted by atomic mass is 16.5. The van der Waals surface area contributed by atoms with Gasteiger partial charge in [-0.15, -0.1) is 0 Å². The van der Waals surface area contributed by atoms with Crippen LogP contribution < -0.4 is 15.4 Å². The standard InChI is InChI=1S/C16H19N3O2/c1-3-21-15-6-4-14(5-7-15)19-16(20)18-12(2)13-8-10-17-11-9-13/h4-12H,3H2,1-2H3,(H2,18,19,20)/t12-/m1/s1. The van der Waals surface area contributed by atoms with Gasteiger partial charge in [0.15, 0.2) is 0 Å². The quantitative estimate of drug-likeness (QED) is 0.885. The van der Waals surface area contributed by atoms with Gasteiger partial charge in [0.25, 0.3) is 0 Å². The molecular formula is C16H19N3O2. The van der Waals surface area contributed by atoms with Crippen LogP contribution in [0.3, 0.4) is 0 Å². The summed E-state index contributed by atoms with van der Waals surface area (Å²) in [6.45, 7) is 4.48. The number of hydrogen-bond donors (Lipinski definition) is 2. The number of carbonyl (C=O) groups excluding carboxylic acids is 1. The third-order valence-corrected chi connectivity index (χ3v) is 2.98. The van der Waals surface area contributed by atoms with E-state index < -0.39 is 0 Å². The Morgan fingerprint density at radius 2 is 1.86 bits per heavy atom. The molecule has 0 saturated heterocycles. The number of nitrogens with one attached hydrogen (secondary N) is 2. The molecule has 2 aromatic rings. The van der Waals surface area contributed by atoms with Crippen LogP contribution in [-0.2, 0) is 0 Å². The molecule has 5 heteroatoms. The topological polar surface area (TPSA) is 63.2 Å². The Hall–Kier alpha value is -2.56. The van der Waals surface area contributed by atoms with E-state index in [1.54, 1.807) is 12.4 Å². The zero-order valence-corrected chi connectivity index (χ0v) is 12.2. The molecule has 0 radical (unpaired) electrons.